The minimum Gasteiger partial charge on any atom is -0.395 e. The number of halogens is 3. The summed E-state index contributed by atoms with van der Waals surface area (Å²) in [4.78, 5) is 15.1. The Labute approximate surface area is 244 Å². The number of amides is 1. The summed E-state index contributed by atoms with van der Waals surface area (Å²) in [5.41, 5.74) is 4.39. The van der Waals surface area contributed by atoms with Gasteiger partial charge in [-0.1, -0.05) is 63.6 Å². The van der Waals surface area contributed by atoms with Crippen molar-refractivity contribution in [2.45, 2.75) is 63.7 Å². The van der Waals surface area contributed by atoms with Crippen LogP contribution in [0.2, 0.25) is 5.02 Å². The molecule has 0 radical (unpaired) electrons. The number of nitrogens with one attached hydrogen (secondary N) is 1. The molecule has 11 heteroatoms. The number of alkyl halides is 2. The van der Waals surface area contributed by atoms with Gasteiger partial charge in [0, 0.05) is 18.2 Å². The average Bonchev–Trinajstić information content (AvgIpc) is 3.15. The minimum absolute atomic E-state index is 0.0000947. The highest BCUT2D eigenvalue weighted by Crippen LogP contribution is 2.47. The Balaban J connectivity index is 1.66. The van der Waals surface area contributed by atoms with E-state index >= 15 is 0 Å². The van der Waals surface area contributed by atoms with Crippen LogP contribution in [0.3, 0.4) is 0 Å². The van der Waals surface area contributed by atoms with Crippen molar-refractivity contribution in [1.82, 2.24) is 9.62 Å². The van der Waals surface area contributed by atoms with E-state index in [1.165, 1.54) is 24.3 Å². The number of carbonyl (C=O) groups excluding carboxylic acids is 1. The summed E-state index contributed by atoms with van der Waals surface area (Å²) >= 11 is 6.48. The summed E-state index contributed by atoms with van der Waals surface area (Å²) in [6.45, 7) is 8.48. The second-order valence-electron chi connectivity index (χ2n) is 11.0. The topological polar surface area (TPSA) is 84.9 Å². The average molecular weight is 607 g/mol. The molecule has 1 aliphatic rings. The van der Waals surface area contributed by atoms with Crippen molar-refractivity contribution in [3.8, 4) is 22.6 Å². The summed E-state index contributed by atoms with van der Waals surface area (Å²) in [7, 11) is -0.249. The van der Waals surface area contributed by atoms with Gasteiger partial charge in [0.2, 0.25) is 5.91 Å². The van der Waals surface area contributed by atoms with Gasteiger partial charge in [-0.15, -0.1) is 8.78 Å². The first-order chi connectivity index (χ1) is 19.1. The molecule has 3 aromatic rings. The van der Waals surface area contributed by atoms with Crippen LogP contribution < -0.4 is 14.2 Å². The molecule has 220 valence electrons. The highest BCUT2D eigenvalue weighted by Gasteiger charge is 2.44. The lowest BCUT2D eigenvalue weighted by Gasteiger charge is -2.22. The number of fused-ring (bicyclic) bond motifs is 1. The fourth-order valence-corrected chi connectivity index (χ4v) is 6.09. The quantitative estimate of drug-likeness (QED) is 0.292. The molecule has 0 saturated heterocycles. The molecule has 1 aliphatic heterocycles. The molecule has 7 nitrogen and oxygen atoms in total. The fourth-order valence-electron chi connectivity index (χ4n) is 4.84. The molecule has 0 bridgehead atoms. The van der Waals surface area contributed by atoms with Gasteiger partial charge in [0.15, 0.2) is 11.5 Å². The Morgan fingerprint density at radius 2 is 1.49 bits per heavy atom. The molecule has 1 N–H and O–H groups in total. The molecular formula is C30H33ClF2N2O5S. The van der Waals surface area contributed by atoms with Crippen molar-refractivity contribution in [3.63, 3.8) is 0 Å². The maximum atomic E-state index is 13.6. The third-order valence-electron chi connectivity index (χ3n) is 6.68. The first-order valence-electron chi connectivity index (χ1n) is 13.1. The molecule has 0 aliphatic carbocycles. The molecule has 1 amide bonds. The predicted molar refractivity (Wildman–Crippen MR) is 154 cm³/mol. The van der Waals surface area contributed by atoms with E-state index in [1.54, 1.807) is 12.1 Å². The van der Waals surface area contributed by atoms with Crippen molar-refractivity contribution in [3.05, 3.63) is 75.8 Å². The lowest BCUT2D eigenvalue weighted by Crippen LogP contribution is -2.32. The Morgan fingerprint density at radius 1 is 0.951 bits per heavy atom. The molecule has 1 heterocycles. The normalized spacial score (nSPS) is 14.2. The van der Waals surface area contributed by atoms with E-state index in [0.717, 1.165) is 16.7 Å². The third-order valence-corrected chi connectivity index (χ3v) is 8.38. The van der Waals surface area contributed by atoms with E-state index in [-0.39, 0.29) is 39.7 Å². The summed E-state index contributed by atoms with van der Waals surface area (Å²) in [6.07, 6.45) is -3.94. The standard InChI is InChI=1S/C30H33ClF2N2O5S/c1-17(2)22-11-20(24-13-27-28(15-26(24)31)40-30(32,33)39-27)12-23(18(3)4)25(22)14-29(36)34-41(37,38)21-9-7-19(8-10-21)16-35(5)6/h7-13,15,17-18H,14,16H2,1-6H3,(H,34,36). The lowest BCUT2D eigenvalue weighted by atomic mass is 9.84. The van der Waals surface area contributed by atoms with Crippen LogP contribution in [0, 0.1) is 0 Å². The predicted octanol–water partition coefficient (Wildman–Crippen LogP) is 6.68. The number of hydrogen-bond donors (Lipinski definition) is 1. The van der Waals surface area contributed by atoms with Gasteiger partial charge in [0.25, 0.3) is 10.0 Å². The van der Waals surface area contributed by atoms with Crippen LogP contribution in [0.4, 0.5) is 8.78 Å². The molecule has 3 aromatic carbocycles. The van der Waals surface area contributed by atoms with Gasteiger partial charge in [0.05, 0.1) is 16.3 Å². The van der Waals surface area contributed by atoms with Crippen molar-refractivity contribution in [1.29, 1.82) is 0 Å². The molecule has 0 atom stereocenters. The summed E-state index contributed by atoms with van der Waals surface area (Å²) in [6, 6.07) is 12.8. The van der Waals surface area contributed by atoms with Gasteiger partial charge in [-0.2, -0.15) is 0 Å². The van der Waals surface area contributed by atoms with Crippen LogP contribution >= 0.6 is 11.6 Å². The Morgan fingerprint density at radius 3 is 2.00 bits per heavy atom. The Kier molecular flexibility index (Phi) is 8.68. The molecule has 41 heavy (non-hydrogen) atoms. The third kappa shape index (κ3) is 6.99. The van der Waals surface area contributed by atoms with Crippen molar-refractivity contribution in [2.75, 3.05) is 14.1 Å². The van der Waals surface area contributed by atoms with Crippen molar-refractivity contribution >= 4 is 27.5 Å². The van der Waals surface area contributed by atoms with Gasteiger partial charge in [0.1, 0.15) is 0 Å². The van der Waals surface area contributed by atoms with Crippen LogP contribution in [0.5, 0.6) is 11.5 Å². The maximum absolute atomic E-state index is 13.6. The molecule has 0 unspecified atom stereocenters. The fraction of sp³-hybridized carbons (Fsp3) is 0.367. The van der Waals surface area contributed by atoms with E-state index in [0.29, 0.717) is 23.2 Å². The number of hydrogen-bond acceptors (Lipinski definition) is 6. The van der Waals surface area contributed by atoms with E-state index < -0.39 is 22.2 Å². The Hall–Kier alpha value is -3.21. The zero-order valence-corrected chi connectivity index (χ0v) is 25.3. The Bertz CT molecular complexity index is 1540. The van der Waals surface area contributed by atoms with Gasteiger partial charge >= 0.3 is 6.29 Å². The molecule has 0 spiro atoms. The highest BCUT2D eigenvalue weighted by molar-refractivity contribution is 7.90. The van der Waals surface area contributed by atoms with Gasteiger partial charge < -0.3 is 14.4 Å². The molecular weight excluding hydrogens is 574 g/mol. The highest BCUT2D eigenvalue weighted by atomic mass is 35.5. The zero-order valence-electron chi connectivity index (χ0n) is 23.7. The molecule has 4 rings (SSSR count). The van der Waals surface area contributed by atoms with Crippen LogP contribution in [-0.2, 0) is 27.8 Å². The van der Waals surface area contributed by atoms with E-state index in [2.05, 4.69) is 14.2 Å². The van der Waals surface area contributed by atoms with Gasteiger partial charge in [-0.05, 0) is 71.9 Å². The second kappa shape index (κ2) is 11.6. The summed E-state index contributed by atoms with van der Waals surface area (Å²) in [5.74, 6) is -1.04. The van der Waals surface area contributed by atoms with Gasteiger partial charge in [-0.25, -0.2) is 13.1 Å². The first kappa shape index (κ1) is 30.7. The second-order valence-corrected chi connectivity index (χ2v) is 13.1. The SMILES string of the molecule is CC(C)c1cc(-c2cc3c(cc2Cl)OC(F)(F)O3)cc(C(C)C)c1CC(=O)NS(=O)(=O)c1ccc(CN(C)C)cc1. The summed E-state index contributed by atoms with van der Waals surface area (Å²) < 4.78 is 64.6. The molecule has 0 fully saturated rings. The van der Waals surface area contributed by atoms with E-state index in [1.807, 2.05) is 58.8 Å². The largest absolute Gasteiger partial charge is 0.586 e. The van der Waals surface area contributed by atoms with Gasteiger partial charge in [-0.3, -0.25) is 4.79 Å². The van der Waals surface area contributed by atoms with Crippen LogP contribution in [0.25, 0.3) is 11.1 Å². The van der Waals surface area contributed by atoms with E-state index in [4.69, 9.17) is 11.6 Å². The van der Waals surface area contributed by atoms with Crippen LogP contribution in [-0.4, -0.2) is 39.6 Å². The number of rotatable bonds is 9. The number of benzene rings is 3. The number of sulfonamides is 1. The molecule has 0 saturated carbocycles. The van der Waals surface area contributed by atoms with Crippen LogP contribution in [0.1, 0.15) is 61.8 Å². The smallest absolute Gasteiger partial charge is 0.395 e. The zero-order chi connectivity index (χ0) is 30.3. The number of nitrogens with zero attached hydrogens (tertiary/aromatic N) is 1. The number of ether oxygens (including phenoxy) is 2. The summed E-state index contributed by atoms with van der Waals surface area (Å²) in [5, 5.41) is 0.197. The van der Waals surface area contributed by atoms with E-state index in [9.17, 15) is 22.0 Å². The first-order valence-corrected chi connectivity index (χ1v) is 15.0. The lowest BCUT2D eigenvalue weighted by molar-refractivity contribution is -0.286. The minimum atomic E-state index is -4.08. The maximum Gasteiger partial charge on any atom is 0.586 e. The van der Waals surface area contributed by atoms with Crippen molar-refractivity contribution in [2.24, 2.45) is 0 Å². The van der Waals surface area contributed by atoms with Crippen molar-refractivity contribution < 1.29 is 31.5 Å². The molecule has 0 aromatic heterocycles. The monoisotopic (exact) mass is 606 g/mol. The number of carbonyl (C=O) groups is 1. The van der Waals surface area contributed by atoms with Crippen LogP contribution in [0.15, 0.2) is 53.4 Å².